The molecular weight excluding hydrogens is 740 g/mol. The number of ether oxygens (including phenoxy) is 1. The van der Waals surface area contributed by atoms with Crippen LogP contribution in [0.3, 0.4) is 0 Å². The number of aryl methyl sites for hydroxylation is 1. The van der Waals surface area contributed by atoms with Crippen LogP contribution in [0, 0.1) is 12.8 Å². The van der Waals surface area contributed by atoms with Crippen molar-refractivity contribution < 1.29 is 38.3 Å². The molecular formula is C41H51ClN6O8. The lowest BCUT2D eigenvalue weighted by Gasteiger charge is -2.39. The van der Waals surface area contributed by atoms with Gasteiger partial charge in [0.15, 0.2) is 0 Å². The second-order valence-electron chi connectivity index (χ2n) is 15.6. The molecule has 0 unspecified atom stereocenters. The largest absolute Gasteiger partial charge is 0.461 e. The van der Waals surface area contributed by atoms with Crippen LogP contribution in [0.2, 0.25) is 5.02 Å². The number of hydrogen-bond donors (Lipinski definition) is 3. The molecule has 14 nitrogen and oxygen atoms in total. The van der Waals surface area contributed by atoms with Gasteiger partial charge in [-0.2, -0.15) is 0 Å². The smallest absolute Gasteiger partial charge is 0.328 e. The van der Waals surface area contributed by atoms with Crippen LogP contribution in [0.15, 0.2) is 48.5 Å². The molecule has 0 spiro atoms. The van der Waals surface area contributed by atoms with Gasteiger partial charge >= 0.3 is 5.97 Å². The Balaban J connectivity index is 1.30. The Morgan fingerprint density at radius 3 is 2.34 bits per heavy atom. The predicted molar refractivity (Wildman–Crippen MR) is 206 cm³/mol. The van der Waals surface area contributed by atoms with Gasteiger partial charge in [0.1, 0.15) is 42.9 Å². The van der Waals surface area contributed by atoms with Gasteiger partial charge < -0.3 is 35.4 Å². The number of cyclic esters (lactones) is 1. The predicted octanol–water partition coefficient (Wildman–Crippen LogP) is 2.07. The topological polar surface area (TPSA) is 175 Å². The van der Waals surface area contributed by atoms with E-state index in [1.165, 1.54) is 14.7 Å². The molecule has 0 aromatic heterocycles. The van der Waals surface area contributed by atoms with Gasteiger partial charge in [-0.1, -0.05) is 60.5 Å². The summed E-state index contributed by atoms with van der Waals surface area (Å²) < 4.78 is 5.76. The Bertz CT molecular complexity index is 1860. The first-order valence-corrected chi connectivity index (χ1v) is 19.9. The van der Waals surface area contributed by atoms with Crippen LogP contribution in [0.1, 0.15) is 69.1 Å². The fourth-order valence-electron chi connectivity index (χ4n) is 8.35. The standard InChI is InChI=1S/C41H51ClN6O8/c1-24-9-6-10-27(17-24)20-30(44-35(49)21-28-11-7-12-29(42)19-28)36(50)45-31-23-56-41(55)34-18-25(2)22-48(34)38(52)26(3)43-37(51)32-13-4-5-15-46(32)40(54)33-14-8-16-47(33)39(31)53/h6-7,9-12,17,19,25-26,30-34H,4-5,8,13-16,18,20-23H2,1-3H3,(H,43,51)(H,44,49)(H,45,50)/t25-,26+,30+,31+,32+,33+,34+/m1/s1. The quantitative estimate of drug-likeness (QED) is 0.358. The third-order valence-corrected chi connectivity index (χ3v) is 11.4. The highest BCUT2D eigenvalue weighted by atomic mass is 35.5. The first kappa shape index (κ1) is 40.7. The number of halogens is 1. The van der Waals surface area contributed by atoms with Gasteiger partial charge in [0.2, 0.25) is 35.4 Å². The van der Waals surface area contributed by atoms with E-state index in [0.29, 0.717) is 55.7 Å². The molecule has 6 rings (SSSR count). The molecule has 4 saturated heterocycles. The number of rotatable bonds is 7. The molecule has 0 bridgehead atoms. The highest BCUT2D eigenvalue weighted by Gasteiger charge is 2.46. The average molecular weight is 791 g/mol. The molecule has 15 heteroatoms. The van der Waals surface area contributed by atoms with E-state index >= 15 is 0 Å². The number of carbonyl (C=O) groups excluding carboxylic acids is 7. The van der Waals surface area contributed by atoms with Crippen LogP contribution < -0.4 is 16.0 Å². The zero-order valence-corrected chi connectivity index (χ0v) is 32.9. The van der Waals surface area contributed by atoms with Crippen molar-refractivity contribution in [3.05, 3.63) is 70.2 Å². The Morgan fingerprint density at radius 1 is 0.857 bits per heavy atom. The SMILES string of the molecule is Cc1cccc(C[C@H](NC(=O)Cc2cccc(Cl)c2)C(=O)N[C@H]2COC(=O)[C@@H]3C[C@@H](C)CN3C(=O)[C@H](C)NC(=O)[C@@H]3CCCCN3C(=O)[C@@H]3CCCN3C2=O)c1. The lowest BCUT2D eigenvalue weighted by molar-refractivity contribution is -0.158. The highest BCUT2D eigenvalue weighted by molar-refractivity contribution is 6.30. The third kappa shape index (κ3) is 9.51. The van der Waals surface area contributed by atoms with E-state index in [0.717, 1.165) is 11.1 Å². The minimum absolute atomic E-state index is 0.0478. The zero-order valence-electron chi connectivity index (χ0n) is 32.1. The molecule has 7 atom stereocenters. The molecule has 0 saturated carbocycles. The van der Waals surface area contributed by atoms with Gasteiger partial charge in [-0.3, -0.25) is 28.8 Å². The first-order chi connectivity index (χ1) is 26.8. The molecule has 3 N–H and O–H groups in total. The molecule has 2 aromatic carbocycles. The summed E-state index contributed by atoms with van der Waals surface area (Å²) in [5, 5.41) is 8.85. The highest BCUT2D eigenvalue weighted by Crippen LogP contribution is 2.28. The van der Waals surface area contributed by atoms with Crippen molar-refractivity contribution in [1.82, 2.24) is 30.7 Å². The summed E-state index contributed by atoms with van der Waals surface area (Å²) in [6, 6.07) is 8.07. The second-order valence-corrected chi connectivity index (χ2v) is 16.1. The van der Waals surface area contributed by atoms with Crippen molar-refractivity contribution in [2.45, 2.75) is 108 Å². The summed E-state index contributed by atoms with van der Waals surface area (Å²) in [4.78, 5) is 102. The van der Waals surface area contributed by atoms with E-state index in [-0.39, 0.29) is 37.8 Å². The Kier molecular flexibility index (Phi) is 13.0. The maximum absolute atomic E-state index is 14.5. The van der Waals surface area contributed by atoms with Gasteiger partial charge in [0.25, 0.3) is 0 Å². The normalized spacial score (nSPS) is 26.8. The Hall–Kier alpha value is -4.98. The van der Waals surface area contributed by atoms with Crippen LogP contribution in [0.4, 0.5) is 0 Å². The molecule has 56 heavy (non-hydrogen) atoms. The molecule has 2 aromatic rings. The minimum Gasteiger partial charge on any atom is -0.461 e. The minimum atomic E-state index is -1.43. The first-order valence-electron chi connectivity index (χ1n) is 19.6. The number of amides is 6. The summed E-state index contributed by atoms with van der Waals surface area (Å²) in [5.41, 5.74) is 2.36. The maximum atomic E-state index is 14.5. The van der Waals surface area contributed by atoms with Crippen LogP contribution in [0.5, 0.6) is 0 Å². The van der Waals surface area contributed by atoms with Crippen molar-refractivity contribution in [3.63, 3.8) is 0 Å². The van der Waals surface area contributed by atoms with Gasteiger partial charge in [-0.05, 0) is 81.5 Å². The van der Waals surface area contributed by atoms with Crippen LogP contribution in [0.25, 0.3) is 0 Å². The van der Waals surface area contributed by atoms with E-state index in [4.69, 9.17) is 16.3 Å². The Morgan fingerprint density at radius 2 is 1.57 bits per heavy atom. The van der Waals surface area contributed by atoms with Gasteiger partial charge in [0, 0.05) is 31.1 Å². The number of piperidine rings is 1. The zero-order chi connectivity index (χ0) is 40.1. The monoisotopic (exact) mass is 790 g/mol. The summed E-state index contributed by atoms with van der Waals surface area (Å²) in [6.45, 7) is 5.60. The van der Waals surface area contributed by atoms with Gasteiger partial charge in [-0.15, -0.1) is 0 Å². The molecule has 0 radical (unpaired) electrons. The summed E-state index contributed by atoms with van der Waals surface area (Å²) in [5.74, 6) is -3.88. The fraction of sp³-hybridized carbons (Fsp3) is 0.537. The van der Waals surface area contributed by atoms with E-state index in [9.17, 15) is 33.6 Å². The van der Waals surface area contributed by atoms with Crippen molar-refractivity contribution in [1.29, 1.82) is 0 Å². The molecule has 0 aliphatic carbocycles. The lowest BCUT2D eigenvalue weighted by Crippen LogP contribution is -2.62. The maximum Gasteiger partial charge on any atom is 0.328 e. The second kappa shape index (κ2) is 17.9. The number of carbonyl (C=O) groups is 7. The van der Waals surface area contributed by atoms with Crippen LogP contribution >= 0.6 is 11.6 Å². The summed E-state index contributed by atoms with van der Waals surface area (Å²) in [7, 11) is 0. The van der Waals surface area contributed by atoms with E-state index in [2.05, 4.69) is 16.0 Å². The number of benzene rings is 2. The number of nitrogens with zero attached hydrogens (tertiary/aromatic N) is 3. The van der Waals surface area contributed by atoms with Crippen LogP contribution in [-0.4, -0.2) is 119 Å². The van der Waals surface area contributed by atoms with Gasteiger partial charge in [-0.25, -0.2) is 4.79 Å². The van der Waals surface area contributed by atoms with E-state index in [1.54, 1.807) is 31.2 Å². The van der Waals surface area contributed by atoms with Crippen LogP contribution in [-0.2, 0) is 51.1 Å². The molecule has 4 fully saturated rings. The molecule has 4 heterocycles. The van der Waals surface area contributed by atoms with Crippen molar-refractivity contribution in [2.75, 3.05) is 26.2 Å². The van der Waals surface area contributed by atoms with Crippen molar-refractivity contribution >= 4 is 53.0 Å². The molecule has 4 aliphatic heterocycles. The summed E-state index contributed by atoms with van der Waals surface area (Å²) in [6.07, 6.45) is 2.98. The number of nitrogens with one attached hydrogen (secondary N) is 3. The van der Waals surface area contributed by atoms with E-state index in [1.807, 2.05) is 38.1 Å². The Labute approximate surface area is 332 Å². The van der Waals surface area contributed by atoms with Gasteiger partial charge in [0.05, 0.1) is 6.42 Å². The average Bonchev–Trinajstić information content (AvgIpc) is 3.82. The molecule has 300 valence electrons. The van der Waals surface area contributed by atoms with Crippen molar-refractivity contribution in [3.8, 4) is 0 Å². The van der Waals surface area contributed by atoms with E-state index < -0.39 is 78.4 Å². The molecule has 6 amide bonds. The number of hydrogen-bond acceptors (Lipinski definition) is 8. The lowest BCUT2D eigenvalue weighted by atomic mass is 9.99. The molecule has 4 aliphatic rings. The number of esters is 1. The summed E-state index contributed by atoms with van der Waals surface area (Å²) >= 11 is 6.15. The fourth-order valence-corrected chi connectivity index (χ4v) is 8.56. The third-order valence-electron chi connectivity index (χ3n) is 11.1. The number of fused-ring (bicyclic) bond motifs is 3. The van der Waals surface area contributed by atoms with Crippen molar-refractivity contribution in [2.24, 2.45) is 5.92 Å².